The number of ether oxygens (including phenoxy) is 1. The lowest BCUT2D eigenvalue weighted by atomic mass is 9.98. The molecule has 0 spiro atoms. The highest BCUT2D eigenvalue weighted by Gasteiger charge is 2.25. The summed E-state index contributed by atoms with van der Waals surface area (Å²) in [5, 5.41) is 0. The van der Waals surface area contributed by atoms with Crippen LogP contribution < -0.4 is 4.74 Å². The molecule has 1 aliphatic rings. The molecule has 0 unspecified atom stereocenters. The fourth-order valence-corrected chi connectivity index (χ4v) is 2.21. The van der Waals surface area contributed by atoms with Crippen molar-refractivity contribution < 1.29 is 9.53 Å². The fourth-order valence-electron chi connectivity index (χ4n) is 2.21. The number of rotatable bonds is 1. The molecule has 2 rings (SSSR count). The highest BCUT2D eigenvalue weighted by molar-refractivity contribution is 6.02. The number of carbonyl (C=O) groups excluding carboxylic acids is 1. The maximum Gasteiger partial charge on any atom is 0.163 e. The van der Waals surface area contributed by atoms with Crippen molar-refractivity contribution in [2.75, 3.05) is 7.11 Å². The highest BCUT2D eigenvalue weighted by Crippen LogP contribution is 2.33. The molecule has 0 fully saturated rings. The Morgan fingerprint density at radius 2 is 2.00 bits per heavy atom. The van der Waals surface area contributed by atoms with Crippen molar-refractivity contribution in [3.8, 4) is 5.75 Å². The van der Waals surface area contributed by atoms with Gasteiger partial charge in [0, 0.05) is 17.5 Å². The van der Waals surface area contributed by atoms with Gasteiger partial charge in [-0.15, -0.1) is 0 Å². The van der Waals surface area contributed by atoms with Crippen LogP contribution in [0.2, 0.25) is 0 Å². The molecule has 0 aromatic heterocycles. The topological polar surface area (TPSA) is 26.3 Å². The lowest BCUT2D eigenvalue weighted by Gasteiger charge is -2.11. The first kappa shape index (κ1) is 9.25. The van der Waals surface area contributed by atoms with Crippen molar-refractivity contribution in [2.45, 2.75) is 26.7 Å². The summed E-state index contributed by atoms with van der Waals surface area (Å²) in [7, 11) is 1.65. The van der Waals surface area contributed by atoms with Gasteiger partial charge >= 0.3 is 0 Å². The zero-order valence-electron chi connectivity index (χ0n) is 8.81. The van der Waals surface area contributed by atoms with Crippen molar-refractivity contribution in [3.05, 3.63) is 28.3 Å². The second-order valence-electron chi connectivity index (χ2n) is 3.80. The van der Waals surface area contributed by atoms with E-state index in [4.69, 9.17) is 4.74 Å². The Morgan fingerprint density at radius 3 is 2.64 bits per heavy atom. The third kappa shape index (κ3) is 1.14. The molecule has 1 aromatic carbocycles. The van der Waals surface area contributed by atoms with Crippen LogP contribution in [0.25, 0.3) is 0 Å². The van der Waals surface area contributed by atoms with Gasteiger partial charge in [-0.1, -0.05) is 0 Å². The molecule has 2 heteroatoms. The molecule has 0 bridgehead atoms. The highest BCUT2D eigenvalue weighted by atomic mass is 16.5. The zero-order valence-corrected chi connectivity index (χ0v) is 8.81. The van der Waals surface area contributed by atoms with E-state index >= 15 is 0 Å². The average Bonchev–Trinajstić information content (AvgIpc) is 2.54. The van der Waals surface area contributed by atoms with Crippen LogP contribution in [0.1, 0.15) is 33.5 Å². The maximum absolute atomic E-state index is 11.7. The summed E-state index contributed by atoms with van der Waals surface area (Å²) in [6.45, 7) is 4.00. The minimum Gasteiger partial charge on any atom is -0.496 e. The van der Waals surface area contributed by atoms with Gasteiger partial charge < -0.3 is 4.74 Å². The number of methoxy groups -OCH3 is 1. The van der Waals surface area contributed by atoms with Gasteiger partial charge in [0.05, 0.1) is 7.11 Å². The second-order valence-corrected chi connectivity index (χ2v) is 3.80. The van der Waals surface area contributed by atoms with Crippen molar-refractivity contribution in [1.82, 2.24) is 0 Å². The monoisotopic (exact) mass is 190 g/mol. The molecule has 0 N–H and O–H groups in total. The van der Waals surface area contributed by atoms with Crippen LogP contribution in [0.15, 0.2) is 6.07 Å². The van der Waals surface area contributed by atoms with Gasteiger partial charge in [0.1, 0.15) is 5.75 Å². The smallest absolute Gasteiger partial charge is 0.163 e. The maximum atomic E-state index is 11.7. The SMILES string of the molecule is COc1cc(C)c2c(c1C)C(=O)CC2. The van der Waals surface area contributed by atoms with E-state index in [0.29, 0.717) is 6.42 Å². The van der Waals surface area contributed by atoms with E-state index in [1.807, 2.05) is 19.9 Å². The number of Topliss-reactive ketones (excluding diaryl/α,β-unsaturated/α-hetero) is 1. The number of aryl methyl sites for hydroxylation is 1. The van der Waals surface area contributed by atoms with Gasteiger partial charge in [0.2, 0.25) is 0 Å². The summed E-state index contributed by atoms with van der Waals surface area (Å²) in [6.07, 6.45) is 1.55. The lowest BCUT2D eigenvalue weighted by Crippen LogP contribution is -2.00. The molecule has 0 amide bonds. The molecule has 0 aliphatic heterocycles. The number of benzene rings is 1. The summed E-state index contributed by atoms with van der Waals surface area (Å²) >= 11 is 0. The van der Waals surface area contributed by atoms with Gasteiger partial charge in [0.25, 0.3) is 0 Å². The number of carbonyl (C=O) groups is 1. The number of fused-ring (bicyclic) bond motifs is 1. The van der Waals surface area contributed by atoms with Crippen molar-refractivity contribution in [2.24, 2.45) is 0 Å². The van der Waals surface area contributed by atoms with E-state index in [2.05, 4.69) is 0 Å². The molecule has 1 aromatic rings. The average molecular weight is 190 g/mol. The number of ketones is 1. The third-order valence-corrected chi connectivity index (χ3v) is 2.97. The third-order valence-electron chi connectivity index (χ3n) is 2.97. The Morgan fingerprint density at radius 1 is 1.29 bits per heavy atom. The van der Waals surface area contributed by atoms with E-state index in [1.165, 1.54) is 11.1 Å². The summed E-state index contributed by atoms with van der Waals surface area (Å²) in [5.41, 5.74) is 4.29. The van der Waals surface area contributed by atoms with Crippen LogP contribution >= 0.6 is 0 Å². The van der Waals surface area contributed by atoms with Crippen LogP contribution in [-0.4, -0.2) is 12.9 Å². The minimum atomic E-state index is 0.263. The second kappa shape index (κ2) is 3.12. The number of hydrogen-bond donors (Lipinski definition) is 0. The van der Waals surface area contributed by atoms with Gasteiger partial charge in [-0.05, 0) is 37.5 Å². The molecular formula is C12H14O2. The van der Waals surface area contributed by atoms with Gasteiger partial charge in [-0.25, -0.2) is 0 Å². The molecule has 0 saturated heterocycles. The molecule has 0 saturated carbocycles. The molecule has 0 radical (unpaired) electrons. The predicted molar refractivity (Wildman–Crippen MR) is 55.1 cm³/mol. The van der Waals surface area contributed by atoms with Crippen LogP contribution in [-0.2, 0) is 6.42 Å². The Hall–Kier alpha value is -1.31. The van der Waals surface area contributed by atoms with Crippen LogP contribution in [0.3, 0.4) is 0 Å². The first-order valence-corrected chi connectivity index (χ1v) is 4.85. The zero-order chi connectivity index (χ0) is 10.3. The summed E-state index contributed by atoms with van der Waals surface area (Å²) in [6, 6.07) is 2.02. The Kier molecular flexibility index (Phi) is 2.06. The molecule has 0 heterocycles. The lowest BCUT2D eigenvalue weighted by molar-refractivity contribution is 0.0993. The fraction of sp³-hybridized carbons (Fsp3) is 0.417. The van der Waals surface area contributed by atoms with Crippen molar-refractivity contribution >= 4 is 5.78 Å². The molecular weight excluding hydrogens is 176 g/mol. The predicted octanol–water partition coefficient (Wildman–Crippen LogP) is 2.44. The molecule has 74 valence electrons. The summed E-state index contributed by atoms with van der Waals surface area (Å²) < 4.78 is 5.25. The van der Waals surface area contributed by atoms with Crippen LogP contribution in [0.4, 0.5) is 0 Å². The van der Waals surface area contributed by atoms with Gasteiger partial charge in [-0.3, -0.25) is 4.79 Å². The van der Waals surface area contributed by atoms with Gasteiger partial charge in [-0.2, -0.15) is 0 Å². The largest absolute Gasteiger partial charge is 0.496 e. The number of hydrogen-bond acceptors (Lipinski definition) is 2. The summed E-state index contributed by atoms with van der Waals surface area (Å²) in [5.74, 6) is 1.09. The standard InChI is InChI=1S/C12H14O2/c1-7-6-11(14-3)8(2)12-9(7)4-5-10(12)13/h6H,4-5H2,1-3H3. The van der Waals surface area contributed by atoms with Crippen molar-refractivity contribution in [1.29, 1.82) is 0 Å². The minimum absolute atomic E-state index is 0.263. The first-order valence-electron chi connectivity index (χ1n) is 4.85. The summed E-state index contributed by atoms with van der Waals surface area (Å²) in [4.78, 5) is 11.7. The molecule has 1 aliphatic carbocycles. The Bertz CT molecular complexity index is 405. The molecule has 14 heavy (non-hydrogen) atoms. The van der Waals surface area contributed by atoms with E-state index in [0.717, 1.165) is 23.3 Å². The van der Waals surface area contributed by atoms with Crippen LogP contribution in [0, 0.1) is 13.8 Å². The van der Waals surface area contributed by atoms with Crippen LogP contribution in [0.5, 0.6) is 5.75 Å². The quantitative estimate of drug-likeness (QED) is 0.680. The Balaban J connectivity index is 2.71. The molecule has 2 nitrogen and oxygen atoms in total. The van der Waals surface area contributed by atoms with E-state index in [1.54, 1.807) is 7.11 Å². The van der Waals surface area contributed by atoms with E-state index in [-0.39, 0.29) is 5.78 Å². The van der Waals surface area contributed by atoms with E-state index < -0.39 is 0 Å². The van der Waals surface area contributed by atoms with Crippen molar-refractivity contribution in [3.63, 3.8) is 0 Å². The van der Waals surface area contributed by atoms with E-state index in [9.17, 15) is 4.79 Å². The normalized spacial score (nSPS) is 14.4. The molecule has 0 atom stereocenters. The Labute approximate surface area is 83.9 Å². The first-order chi connectivity index (χ1) is 6.65. The van der Waals surface area contributed by atoms with Gasteiger partial charge in [0.15, 0.2) is 5.78 Å².